The minimum Gasteiger partial charge on any atom is -0.495 e. The van der Waals surface area contributed by atoms with Crippen molar-refractivity contribution in [1.29, 1.82) is 0 Å². The van der Waals surface area contributed by atoms with Gasteiger partial charge in [-0.25, -0.2) is 0 Å². The summed E-state index contributed by atoms with van der Waals surface area (Å²) in [7, 11) is 1.63. The van der Waals surface area contributed by atoms with Gasteiger partial charge in [-0.1, -0.05) is 31.5 Å². The maximum Gasteiger partial charge on any atom is 0.137 e. The van der Waals surface area contributed by atoms with Crippen LogP contribution in [0.4, 0.5) is 0 Å². The molecule has 1 rings (SSSR count). The molecule has 0 atom stereocenters. The number of hydrogen-bond acceptors (Lipinski definition) is 2. The molecule has 0 unspecified atom stereocenters. The lowest BCUT2D eigenvalue weighted by Gasteiger charge is -2.09. The van der Waals surface area contributed by atoms with Gasteiger partial charge in [-0.3, -0.25) is 0 Å². The lowest BCUT2D eigenvalue weighted by molar-refractivity contribution is 0.415. The van der Waals surface area contributed by atoms with E-state index in [0.717, 1.165) is 18.7 Å². The molecule has 0 aromatic heterocycles. The Bertz CT molecular complexity index is 312. The molecule has 0 saturated carbocycles. The third kappa shape index (κ3) is 4.10. The Labute approximate surface area is 96.6 Å². The summed E-state index contributed by atoms with van der Waals surface area (Å²) in [6, 6.07) is 6.45. The summed E-state index contributed by atoms with van der Waals surface area (Å²) in [5.41, 5.74) is 1.23. The van der Waals surface area contributed by atoms with Gasteiger partial charge in [0.05, 0.1) is 12.1 Å². The molecule has 0 radical (unpaired) electrons. The SMILES string of the molecule is COc1ccc(CCNC(C)C)cc1Cl. The molecule has 0 saturated heterocycles. The molecule has 0 aliphatic heterocycles. The van der Waals surface area contributed by atoms with E-state index in [2.05, 4.69) is 19.2 Å². The average molecular weight is 228 g/mol. The van der Waals surface area contributed by atoms with E-state index in [0.29, 0.717) is 11.1 Å². The Morgan fingerprint density at radius 2 is 2.13 bits per heavy atom. The Morgan fingerprint density at radius 3 is 2.67 bits per heavy atom. The second-order valence-corrected chi connectivity index (χ2v) is 4.23. The van der Waals surface area contributed by atoms with Crippen molar-refractivity contribution < 1.29 is 4.74 Å². The number of nitrogens with one attached hydrogen (secondary N) is 1. The van der Waals surface area contributed by atoms with Gasteiger partial charge in [0, 0.05) is 6.04 Å². The van der Waals surface area contributed by atoms with Gasteiger partial charge in [-0.2, -0.15) is 0 Å². The average Bonchev–Trinajstić information content (AvgIpc) is 2.17. The largest absolute Gasteiger partial charge is 0.495 e. The normalized spacial score (nSPS) is 10.7. The van der Waals surface area contributed by atoms with Gasteiger partial charge in [0.2, 0.25) is 0 Å². The van der Waals surface area contributed by atoms with Crippen LogP contribution in [0.2, 0.25) is 5.02 Å². The van der Waals surface area contributed by atoms with E-state index in [4.69, 9.17) is 16.3 Å². The van der Waals surface area contributed by atoms with Gasteiger partial charge in [0.1, 0.15) is 5.75 Å². The minimum absolute atomic E-state index is 0.527. The molecule has 0 aliphatic rings. The molecule has 1 aromatic rings. The van der Waals surface area contributed by atoms with Crippen molar-refractivity contribution in [2.45, 2.75) is 26.3 Å². The van der Waals surface area contributed by atoms with Crippen molar-refractivity contribution in [3.05, 3.63) is 28.8 Å². The lowest BCUT2D eigenvalue weighted by Crippen LogP contribution is -2.24. The van der Waals surface area contributed by atoms with E-state index in [1.54, 1.807) is 7.11 Å². The number of halogens is 1. The molecule has 84 valence electrons. The topological polar surface area (TPSA) is 21.3 Å². The van der Waals surface area contributed by atoms with E-state index in [1.165, 1.54) is 5.56 Å². The molecule has 0 fully saturated rings. The quantitative estimate of drug-likeness (QED) is 0.835. The molecule has 0 aliphatic carbocycles. The first-order valence-corrected chi connectivity index (χ1v) is 5.57. The molecule has 0 heterocycles. The van der Waals surface area contributed by atoms with Crippen LogP contribution in [0.5, 0.6) is 5.75 Å². The highest BCUT2D eigenvalue weighted by atomic mass is 35.5. The predicted octanol–water partition coefficient (Wildman–Crippen LogP) is 2.89. The van der Waals surface area contributed by atoms with E-state index < -0.39 is 0 Å². The first-order valence-electron chi connectivity index (χ1n) is 5.19. The van der Waals surface area contributed by atoms with Gasteiger partial charge in [-0.05, 0) is 30.7 Å². The second kappa shape index (κ2) is 5.99. The Kier molecular flexibility index (Phi) is 4.92. The molecular weight excluding hydrogens is 210 g/mol. The number of methoxy groups -OCH3 is 1. The summed E-state index contributed by atoms with van der Waals surface area (Å²) in [4.78, 5) is 0. The van der Waals surface area contributed by atoms with Gasteiger partial charge in [-0.15, -0.1) is 0 Å². The number of rotatable bonds is 5. The fraction of sp³-hybridized carbons (Fsp3) is 0.500. The summed E-state index contributed by atoms with van der Waals surface area (Å²) < 4.78 is 5.10. The summed E-state index contributed by atoms with van der Waals surface area (Å²) >= 11 is 6.03. The van der Waals surface area contributed by atoms with Crippen LogP contribution in [-0.2, 0) is 6.42 Å². The Balaban J connectivity index is 2.52. The zero-order chi connectivity index (χ0) is 11.3. The van der Waals surface area contributed by atoms with Crippen LogP contribution in [-0.4, -0.2) is 19.7 Å². The maximum atomic E-state index is 6.03. The zero-order valence-corrected chi connectivity index (χ0v) is 10.3. The van der Waals surface area contributed by atoms with Crippen LogP contribution in [0.3, 0.4) is 0 Å². The molecule has 15 heavy (non-hydrogen) atoms. The molecule has 0 spiro atoms. The van der Waals surface area contributed by atoms with Gasteiger partial charge in [0.25, 0.3) is 0 Å². The summed E-state index contributed by atoms with van der Waals surface area (Å²) in [5, 5.41) is 4.05. The van der Waals surface area contributed by atoms with Crippen LogP contribution >= 0.6 is 11.6 Å². The lowest BCUT2D eigenvalue weighted by atomic mass is 10.1. The minimum atomic E-state index is 0.527. The van der Waals surface area contributed by atoms with Crippen molar-refractivity contribution in [3.8, 4) is 5.75 Å². The molecule has 0 bridgehead atoms. The van der Waals surface area contributed by atoms with Gasteiger partial charge in [0.15, 0.2) is 0 Å². The molecule has 1 N–H and O–H groups in total. The van der Waals surface area contributed by atoms with Crippen LogP contribution in [0.25, 0.3) is 0 Å². The van der Waals surface area contributed by atoms with Gasteiger partial charge < -0.3 is 10.1 Å². The molecule has 3 heteroatoms. The Hall–Kier alpha value is -0.730. The van der Waals surface area contributed by atoms with Crippen molar-refractivity contribution in [1.82, 2.24) is 5.32 Å². The number of benzene rings is 1. The highest BCUT2D eigenvalue weighted by molar-refractivity contribution is 6.32. The summed E-state index contributed by atoms with van der Waals surface area (Å²) in [6.07, 6.45) is 0.988. The second-order valence-electron chi connectivity index (χ2n) is 3.83. The van der Waals surface area contributed by atoms with Crippen molar-refractivity contribution in [2.75, 3.05) is 13.7 Å². The highest BCUT2D eigenvalue weighted by Crippen LogP contribution is 2.24. The van der Waals surface area contributed by atoms with Gasteiger partial charge >= 0.3 is 0 Å². The highest BCUT2D eigenvalue weighted by Gasteiger charge is 2.01. The van der Waals surface area contributed by atoms with E-state index >= 15 is 0 Å². The molecule has 0 amide bonds. The van der Waals surface area contributed by atoms with E-state index in [9.17, 15) is 0 Å². The fourth-order valence-corrected chi connectivity index (χ4v) is 1.65. The first-order chi connectivity index (χ1) is 7.13. The van der Waals surface area contributed by atoms with E-state index in [-0.39, 0.29) is 0 Å². The third-order valence-electron chi connectivity index (χ3n) is 2.18. The molecule has 1 aromatic carbocycles. The summed E-state index contributed by atoms with van der Waals surface area (Å²) in [6.45, 7) is 5.25. The molecule has 2 nitrogen and oxygen atoms in total. The van der Waals surface area contributed by atoms with Crippen LogP contribution in [0.1, 0.15) is 19.4 Å². The van der Waals surface area contributed by atoms with Crippen LogP contribution < -0.4 is 10.1 Å². The standard InChI is InChI=1S/C12H18ClNO/c1-9(2)14-7-6-10-4-5-12(15-3)11(13)8-10/h4-5,8-9,14H,6-7H2,1-3H3. The number of hydrogen-bond donors (Lipinski definition) is 1. The zero-order valence-electron chi connectivity index (χ0n) is 9.51. The van der Waals surface area contributed by atoms with Crippen molar-refractivity contribution in [3.63, 3.8) is 0 Å². The fourth-order valence-electron chi connectivity index (χ4n) is 1.37. The number of ether oxygens (including phenoxy) is 1. The first kappa shape index (κ1) is 12.3. The molecular formula is C12H18ClNO. The smallest absolute Gasteiger partial charge is 0.137 e. The Morgan fingerprint density at radius 1 is 1.40 bits per heavy atom. The van der Waals surface area contributed by atoms with Crippen LogP contribution in [0, 0.1) is 0 Å². The van der Waals surface area contributed by atoms with Crippen molar-refractivity contribution >= 4 is 11.6 Å². The maximum absolute atomic E-state index is 6.03. The third-order valence-corrected chi connectivity index (χ3v) is 2.48. The summed E-state index contributed by atoms with van der Waals surface area (Å²) in [5.74, 6) is 0.734. The monoisotopic (exact) mass is 227 g/mol. The van der Waals surface area contributed by atoms with E-state index in [1.807, 2.05) is 18.2 Å². The van der Waals surface area contributed by atoms with Crippen LogP contribution in [0.15, 0.2) is 18.2 Å². The van der Waals surface area contributed by atoms with Crippen molar-refractivity contribution in [2.24, 2.45) is 0 Å². The predicted molar refractivity (Wildman–Crippen MR) is 64.8 cm³/mol.